The summed E-state index contributed by atoms with van der Waals surface area (Å²) in [6.07, 6.45) is 4.23. The Morgan fingerprint density at radius 3 is 3.00 bits per heavy atom. The highest BCUT2D eigenvalue weighted by Crippen LogP contribution is 2.30. The van der Waals surface area contributed by atoms with Crippen molar-refractivity contribution < 1.29 is 0 Å². The van der Waals surface area contributed by atoms with Crippen LogP contribution in [-0.4, -0.2) is 6.54 Å². The molecule has 1 saturated carbocycles. The van der Waals surface area contributed by atoms with Gasteiger partial charge in [0, 0.05) is 16.8 Å². The molecule has 2 unspecified atom stereocenters. The number of thiophene rings is 1. The summed E-state index contributed by atoms with van der Waals surface area (Å²) >= 11 is 7.61. The normalized spacial score (nSPS) is 26.0. The van der Waals surface area contributed by atoms with Crippen LogP contribution in [-0.2, 0) is 6.54 Å². The average molecular weight is 244 g/mol. The molecule has 0 aliphatic heterocycles. The van der Waals surface area contributed by atoms with E-state index in [0.717, 1.165) is 29.9 Å². The molecule has 0 aromatic carbocycles. The minimum Gasteiger partial charge on any atom is -0.312 e. The summed E-state index contributed by atoms with van der Waals surface area (Å²) in [4.78, 5) is 1.34. The number of hydrogen-bond donors (Lipinski definition) is 1. The van der Waals surface area contributed by atoms with Gasteiger partial charge in [0.2, 0.25) is 0 Å². The van der Waals surface area contributed by atoms with Gasteiger partial charge < -0.3 is 5.32 Å². The molecule has 2 rings (SSSR count). The van der Waals surface area contributed by atoms with Gasteiger partial charge in [0.15, 0.2) is 0 Å². The summed E-state index contributed by atoms with van der Waals surface area (Å²) < 4.78 is 0. The predicted octanol–water partition coefficient (Wildman–Crippen LogP) is 3.93. The molecule has 1 aliphatic carbocycles. The first kappa shape index (κ1) is 11.4. The monoisotopic (exact) mass is 243 g/mol. The molecular weight excluding hydrogens is 226 g/mol. The van der Waals surface area contributed by atoms with E-state index in [2.05, 4.69) is 18.3 Å². The predicted molar refractivity (Wildman–Crippen MR) is 67.5 cm³/mol. The fourth-order valence-corrected chi connectivity index (χ4v) is 3.40. The van der Waals surface area contributed by atoms with E-state index in [4.69, 9.17) is 11.6 Å². The van der Waals surface area contributed by atoms with Crippen LogP contribution in [0.3, 0.4) is 0 Å². The molecule has 2 atom stereocenters. The van der Waals surface area contributed by atoms with Crippen molar-refractivity contribution >= 4 is 22.9 Å². The van der Waals surface area contributed by atoms with E-state index in [1.165, 1.54) is 24.1 Å². The van der Waals surface area contributed by atoms with E-state index in [9.17, 15) is 0 Å². The number of nitrogens with one attached hydrogen (secondary N) is 1. The highest BCUT2D eigenvalue weighted by molar-refractivity contribution is 7.10. The Labute approximate surface area is 101 Å². The summed E-state index contributed by atoms with van der Waals surface area (Å²) in [5.74, 6) is 1.80. The third kappa shape index (κ3) is 3.20. The fourth-order valence-electron chi connectivity index (χ4n) is 2.35. The zero-order valence-electron chi connectivity index (χ0n) is 9.13. The Bertz CT molecular complexity index is 310. The molecule has 15 heavy (non-hydrogen) atoms. The standard InChI is InChI=1S/C12H18ClNS/c1-9-3-2-4-10(9)6-14-7-12-5-11(13)8-15-12/h5,8-10,14H,2-4,6-7H2,1H3. The van der Waals surface area contributed by atoms with Crippen molar-refractivity contribution in [1.82, 2.24) is 5.32 Å². The Kier molecular flexibility index (Phi) is 4.06. The molecule has 1 aromatic rings. The van der Waals surface area contributed by atoms with E-state index in [0.29, 0.717) is 0 Å². The van der Waals surface area contributed by atoms with Gasteiger partial charge in [0.1, 0.15) is 0 Å². The Morgan fingerprint density at radius 2 is 2.40 bits per heavy atom. The SMILES string of the molecule is CC1CCCC1CNCc1cc(Cl)cs1. The zero-order valence-corrected chi connectivity index (χ0v) is 10.7. The van der Waals surface area contributed by atoms with Gasteiger partial charge in [0.25, 0.3) is 0 Å². The van der Waals surface area contributed by atoms with Crippen LogP contribution in [0.1, 0.15) is 31.1 Å². The molecule has 1 heterocycles. The molecule has 84 valence electrons. The van der Waals surface area contributed by atoms with Crippen molar-refractivity contribution in [2.24, 2.45) is 11.8 Å². The van der Waals surface area contributed by atoms with Crippen LogP contribution in [0, 0.1) is 11.8 Å². The van der Waals surface area contributed by atoms with Gasteiger partial charge in [-0.2, -0.15) is 0 Å². The quantitative estimate of drug-likeness (QED) is 0.845. The molecule has 1 aromatic heterocycles. The second kappa shape index (κ2) is 5.33. The molecular formula is C12H18ClNS. The van der Waals surface area contributed by atoms with Crippen LogP contribution in [0.25, 0.3) is 0 Å². The van der Waals surface area contributed by atoms with Gasteiger partial charge >= 0.3 is 0 Å². The van der Waals surface area contributed by atoms with Crippen molar-refractivity contribution in [2.75, 3.05) is 6.54 Å². The Hall–Kier alpha value is -0.0500. The van der Waals surface area contributed by atoms with Gasteiger partial charge in [-0.1, -0.05) is 31.4 Å². The lowest BCUT2D eigenvalue weighted by Crippen LogP contribution is -2.23. The topological polar surface area (TPSA) is 12.0 Å². The summed E-state index contributed by atoms with van der Waals surface area (Å²) in [6.45, 7) is 4.51. The van der Waals surface area contributed by atoms with Crippen molar-refractivity contribution in [2.45, 2.75) is 32.7 Å². The van der Waals surface area contributed by atoms with Gasteiger partial charge in [-0.15, -0.1) is 11.3 Å². The van der Waals surface area contributed by atoms with E-state index in [1.54, 1.807) is 11.3 Å². The van der Waals surface area contributed by atoms with Gasteiger partial charge in [0.05, 0.1) is 5.02 Å². The van der Waals surface area contributed by atoms with Crippen molar-refractivity contribution in [3.05, 3.63) is 21.3 Å². The highest BCUT2D eigenvalue weighted by atomic mass is 35.5. The molecule has 1 aliphatic rings. The summed E-state index contributed by atoms with van der Waals surface area (Å²) in [5, 5.41) is 6.40. The van der Waals surface area contributed by atoms with Crippen molar-refractivity contribution in [1.29, 1.82) is 0 Å². The molecule has 0 bridgehead atoms. The largest absolute Gasteiger partial charge is 0.312 e. The summed E-state index contributed by atoms with van der Waals surface area (Å²) in [7, 11) is 0. The lowest BCUT2D eigenvalue weighted by atomic mass is 9.98. The van der Waals surface area contributed by atoms with Crippen LogP contribution in [0.15, 0.2) is 11.4 Å². The molecule has 1 fully saturated rings. The minimum absolute atomic E-state index is 0.867. The Morgan fingerprint density at radius 1 is 1.53 bits per heavy atom. The second-order valence-electron chi connectivity index (χ2n) is 4.53. The smallest absolute Gasteiger partial charge is 0.0516 e. The molecule has 0 spiro atoms. The fraction of sp³-hybridized carbons (Fsp3) is 0.667. The molecule has 0 amide bonds. The lowest BCUT2D eigenvalue weighted by Gasteiger charge is -2.15. The minimum atomic E-state index is 0.867. The van der Waals surface area contributed by atoms with E-state index >= 15 is 0 Å². The van der Waals surface area contributed by atoms with Crippen LogP contribution < -0.4 is 5.32 Å². The first-order valence-corrected chi connectivity index (χ1v) is 6.95. The number of hydrogen-bond acceptors (Lipinski definition) is 2. The first-order valence-electron chi connectivity index (χ1n) is 5.69. The average Bonchev–Trinajstić information content (AvgIpc) is 2.77. The van der Waals surface area contributed by atoms with E-state index < -0.39 is 0 Å². The number of halogens is 1. The van der Waals surface area contributed by atoms with Crippen molar-refractivity contribution in [3.63, 3.8) is 0 Å². The maximum atomic E-state index is 5.87. The molecule has 3 heteroatoms. The maximum absolute atomic E-state index is 5.87. The van der Waals surface area contributed by atoms with Crippen LogP contribution in [0.4, 0.5) is 0 Å². The molecule has 0 saturated heterocycles. The van der Waals surface area contributed by atoms with Crippen LogP contribution in [0.5, 0.6) is 0 Å². The molecule has 0 radical (unpaired) electrons. The molecule has 1 nitrogen and oxygen atoms in total. The van der Waals surface area contributed by atoms with Crippen LogP contribution in [0.2, 0.25) is 5.02 Å². The van der Waals surface area contributed by atoms with E-state index in [-0.39, 0.29) is 0 Å². The van der Waals surface area contributed by atoms with Crippen LogP contribution >= 0.6 is 22.9 Å². The third-order valence-electron chi connectivity index (χ3n) is 3.37. The van der Waals surface area contributed by atoms with Gasteiger partial charge in [-0.25, -0.2) is 0 Å². The highest BCUT2D eigenvalue weighted by Gasteiger charge is 2.22. The van der Waals surface area contributed by atoms with Crippen molar-refractivity contribution in [3.8, 4) is 0 Å². The summed E-state index contributed by atoms with van der Waals surface area (Å²) in [5.41, 5.74) is 0. The second-order valence-corrected chi connectivity index (χ2v) is 5.96. The third-order valence-corrected chi connectivity index (χ3v) is 4.65. The lowest BCUT2D eigenvalue weighted by molar-refractivity contribution is 0.392. The maximum Gasteiger partial charge on any atom is 0.0516 e. The summed E-state index contributed by atoms with van der Waals surface area (Å²) in [6, 6.07) is 2.05. The Balaban J connectivity index is 1.70. The number of rotatable bonds is 4. The first-order chi connectivity index (χ1) is 7.25. The zero-order chi connectivity index (χ0) is 10.7. The van der Waals surface area contributed by atoms with Gasteiger partial charge in [-0.05, 0) is 30.9 Å². The van der Waals surface area contributed by atoms with E-state index in [1.807, 2.05) is 5.38 Å². The molecule has 1 N–H and O–H groups in total. The van der Waals surface area contributed by atoms with Gasteiger partial charge in [-0.3, -0.25) is 0 Å².